The van der Waals surface area contributed by atoms with E-state index in [1.807, 2.05) is 0 Å². The smallest absolute Gasteiger partial charge is 0.326 e. The highest BCUT2D eigenvalue weighted by atomic mass is 16.5. The molecule has 0 aliphatic heterocycles. The van der Waals surface area contributed by atoms with Crippen LogP contribution in [0.15, 0.2) is 4.52 Å². The number of nitrogens with zero attached hydrogens (tertiary/aromatic N) is 2. The molecule has 0 aliphatic carbocycles. The van der Waals surface area contributed by atoms with E-state index < -0.39 is 17.9 Å². The Balaban J connectivity index is 2.55. The van der Waals surface area contributed by atoms with Gasteiger partial charge in [0.25, 0.3) is 11.7 Å². The fourth-order valence-corrected chi connectivity index (χ4v) is 1.30. The molecule has 1 atom stereocenters. The largest absolute Gasteiger partial charge is 0.480 e. The number of aromatic nitrogens is 2. The fraction of sp³-hybridized carbons (Fsp3) is 0.600. The molecule has 0 saturated carbocycles. The van der Waals surface area contributed by atoms with Gasteiger partial charge in [-0.1, -0.05) is 5.16 Å². The number of methoxy groups -OCH3 is 1. The average Bonchev–Trinajstić information content (AvgIpc) is 2.74. The number of amides is 1. The number of aryl methyl sites for hydroxylation is 1. The first-order valence-electron chi connectivity index (χ1n) is 5.37. The number of hydrogen-bond acceptors (Lipinski definition) is 6. The summed E-state index contributed by atoms with van der Waals surface area (Å²) in [5, 5.41) is 14.7. The lowest BCUT2D eigenvalue weighted by molar-refractivity contribution is -0.139. The van der Waals surface area contributed by atoms with E-state index in [-0.39, 0.29) is 18.1 Å². The molecule has 1 unspecified atom stereocenters. The van der Waals surface area contributed by atoms with Gasteiger partial charge in [-0.2, -0.15) is 4.98 Å². The molecular formula is C10H15N3O5. The minimum Gasteiger partial charge on any atom is -0.480 e. The molecule has 0 aliphatic rings. The second-order valence-corrected chi connectivity index (χ2v) is 3.64. The van der Waals surface area contributed by atoms with Crippen LogP contribution in [-0.2, 0) is 9.53 Å². The number of carboxylic acid groups (broad SMARTS) is 1. The first-order valence-corrected chi connectivity index (χ1v) is 5.37. The standard InChI is InChI=1S/C10H15N3O5/c1-6-11-8(13-18-6)9(14)12-7(10(15)16)4-3-5-17-2/h7H,3-5H2,1-2H3,(H,12,14)(H,15,16). The molecule has 0 saturated heterocycles. The number of hydrogen-bond donors (Lipinski definition) is 2. The molecule has 1 aromatic heterocycles. The third-order valence-corrected chi connectivity index (χ3v) is 2.18. The minimum atomic E-state index is -1.11. The molecule has 18 heavy (non-hydrogen) atoms. The maximum atomic E-state index is 11.6. The van der Waals surface area contributed by atoms with Crippen molar-refractivity contribution in [3.8, 4) is 0 Å². The van der Waals surface area contributed by atoms with E-state index in [9.17, 15) is 9.59 Å². The minimum absolute atomic E-state index is 0.175. The first kappa shape index (κ1) is 14.1. The van der Waals surface area contributed by atoms with Crippen molar-refractivity contribution in [2.45, 2.75) is 25.8 Å². The van der Waals surface area contributed by atoms with Gasteiger partial charge < -0.3 is 19.7 Å². The Morgan fingerprint density at radius 1 is 1.56 bits per heavy atom. The molecule has 2 N–H and O–H groups in total. The quantitative estimate of drug-likeness (QED) is 0.660. The summed E-state index contributed by atoms with van der Waals surface area (Å²) >= 11 is 0. The summed E-state index contributed by atoms with van der Waals surface area (Å²) in [6.07, 6.45) is 0.796. The van der Waals surface area contributed by atoms with Crippen LogP contribution in [-0.4, -0.2) is 46.9 Å². The number of aliphatic carboxylic acids is 1. The van der Waals surface area contributed by atoms with Crippen molar-refractivity contribution in [1.82, 2.24) is 15.5 Å². The average molecular weight is 257 g/mol. The Bertz CT molecular complexity index is 417. The SMILES string of the molecule is COCCCC(NC(=O)c1noc(C)n1)C(=O)O. The molecule has 1 heterocycles. The highest BCUT2D eigenvalue weighted by Crippen LogP contribution is 2.01. The van der Waals surface area contributed by atoms with Gasteiger partial charge in [0, 0.05) is 20.6 Å². The zero-order valence-corrected chi connectivity index (χ0v) is 10.2. The molecule has 8 nitrogen and oxygen atoms in total. The third kappa shape index (κ3) is 4.13. The molecule has 0 spiro atoms. The van der Waals surface area contributed by atoms with E-state index >= 15 is 0 Å². The maximum absolute atomic E-state index is 11.6. The Hall–Kier alpha value is -1.96. The van der Waals surface area contributed by atoms with Crippen molar-refractivity contribution in [3.05, 3.63) is 11.7 Å². The van der Waals surface area contributed by atoms with E-state index in [0.717, 1.165) is 0 Å². The number of nitrogens with one attached hydrogen (secondary N) is 1. The monoisotopic (exact) mass is 257 g/mol. The zero-order valence-electron chi connectivity index (χ0n) is 10.2. The number of carboxylic acids is 1. The van der Waals surface area contributed by atoms with Crippen LogP contribution in [0.2, 0.25) is 0 Å². The van der Waals surface area contributed by atoms with Crippen molar-refractivity contribution < 1.29 is 24.0 Å². The van der Waals surface area contributed by atoms with Crippen molar-refractivity contribution >= 4 is 11.9 Å². The van der Waals surface area contributed by atoms with E-state index in [0.29, 0.717) is 13.0 Å². The number of carbonyl (C=O) groups is 2. The lowest BCUT2D eigenvalue weighted by atomic mass is 10.1. The molecule has 1 aromatic rings. The third-order valence-electron chi connectivity index (χ3n) is 2.18. The van der Waals surface area contributed by atoms with Crippen molar-refractivity contribution in [2.75, 3.05) is 13.7 Å². The van der Waals surface area contributed by atoms with E-state index in [2.05, 4.69) is 20.0 Å². The predicted octanol–water partition coefficient (Wildman–Crippen LogP) is -0.0124. The van der Waals surface area contributed by atoms with Crippen molar-refractivity contribution in [2.24, 2.45) is 0 Å². The summed E-state index contributed by atoms with van der Waals surface area (Å²) in [6, 6.07) is -0.994. The van der Waals surface area contributed by atoms with Crippen LogP contribution in [0.1, 0.15) is 29.4 Å². The zero-order chi connectivity index (χ0) is 13.5. The molecule has 0 fully saturated rings. The van der Waals surface area contributed by atoms with E-state index in [1.165, 1.54) is 14.0 Å². The van der Waals surface area contributed by atoms with Crippen LogP contribution in [0.4, 0.5) is 0 Å². The number of carbonyl (C=O) groups excluding carboxylic acids is 1. The summed E-state index contributed by atoms with van der Waals surface area (Å²) in [5.41, 5.74) is 0. The van der Waals surface area contributed by atoms with Gasteiger partial charge in [-0.3, -0.25) is 4.79 Å². The van der Waals surface area contributed by atoms with Crippen LogP contribution >= 0.6 is 0 Å². The molecular weight excluding hydrogens is 242 g/mol. The summed E-state index contributed by atoms with van der Waals surface area (Å²) in [5.74, 6) is -1.71. The fourth-order valence-electron chi connectivity index (χ4n) is 1.30. The lowest BCUT2D eigenvalue weighted by Crippen LogP contribution is -2.41. The van der Waals surface area contributed by atoms with Crippen LogP contribution in [0.25, 0.3) is 0 Å². The lowest BCUT2D eigenvalue weighted by Gasteiger charge is -2.12. The van der Waals surface area contributed by atoms with Gasteiger partial charge >= 0.3 is 5.97 Å². The Morgan fingerprint density at radius 3 is 2.78 bits per heavy atom. The molecule has 1 amide bonds. The van der Waals surface area contributed by atoms with E-state index in [1.54, 1.807) is 0 Å². The first-order chi connectivity index (χ1) is 8.54. The summed E-state index contributed by atoms with van der Waals surface area (Å²) in [7, 11) is 1.52. The van der Waals surface area contributed by atoms with Crippen LogP contribution in [0.3, 0.4) is 0 Å². The highest BCUT2D eigenvalue weighted by molar-refractivity contribution is 5.93. The topological polar surface area (TPSA) is 115 Å². The maximum Gasteiger partial charge on any atom is 0.326 e. The van der Waals surface area contributed by atoms with Crippen molar-refractivity contribution in [1.29, 1.82) is 0 Å². The van der Waals surface area contributed by atoms with Gasteiger partial charge in [0.1, 0.15) is 6.04 Å². The van der Waals surface area contributed by atoms with Gasteiger partial charge in [-0.25, -0.2) is 4.79 Å². The Labute approximate surface area is 103 Å². The molecule has 1 rings (SSSR count). The predicted molar refractivity (Wildman–Crippen MR) is 59.0 cm³/mol. The van der Waals surface area contributed by atoms with E-state index in [4.69, 9.17) is 9.84 Å². The van der Waals surface area contributed by atoms with Crippen LogP contribution in [0.5, 0.6) is 0 Å². The molecule has 100 valence electrons. The van der Waals surface area contributed by atoms with Gasteiger partial charge in [-0.05, 0) is 12.8 Å². The normalized spacial score (nSPS) is 12.1. The summed E-state index contributed by atoms with van der Waals surface area (Å²) < 4.78 is 9.46. The van der Waals surface area contributed by atoms with Gasteiger partial charge in [0.2, 0.25) is 5.89 Å². The van der Waals surface area contributed by atoms with Gasteiger partial charge in [-0.15, -0.1) is 0 Å². The summed E-state index contributed by atoms with van der Waals surface area (Å²) in [6.45, 7) is 1.97. The molecule has 0 aromatic carbocycles. The highest BCUT2D eigenvalue weighted by Gasteiger charge is 2.22. The van der Waals surface area contributed by atoms with Crippen LogP contribution < -0.4 is 5.32 Å². The second-order valence-electron chi connectivity index (χ2n) is 3.64. The molecule has 0 radical (unpaired) electrons. The van der Waals surface area contributed by atoms with Crippen molar-refractivity contribution in [3.63, 3.8) is 0 Å². The Morgan fingerprint density at radius 2 is 2.28 bits per heavy atom. The summed E-state index contributed by atoms with van der Waals surface area (Å²) in [4.78, 5) is 26.3. The number of rotatable bonds is 7. The molecule has 0 bridgehead atoms. The molecule has 8 heteroatoms. The van der Waals surface area contributed by atoms with Gasteiger partial charge in [0.15, 0.2) is 0 Å². The number of ether oxygens (including phenoxy) is 1. The second kappa shape index (κ2) is 6.70. The van der Waals surface area contributed by atoms with Gasteiger partial charge in [0.05, 0.1) is 0 Å². The Kier molecular flexibility index (Phi) is 5.25. The van der Waals surface area contributed by atoms with Crippen LogP contribution in [0, 0.1) is 6.92 Å².